The first kappa shape index (κ1) is 14.8. The van der Waals surface area contributed by atoms with Crippen LogP contribution in [-0.2, 0) is 14.8 Å². The Balaban J connectivity index is 2.07. The number of ether oxygens (including phenoxy) is 1. The average molecular weight is 330 g/mol. The van der Waals surface area contributed by atoms with Crippen LogP contribution in [0.15, 0.2) is 29.4 Å². The molecule has 0 aliphatic carbocycles. The predicted molar refractivity (Wildman–Crippen MR) is 79.0 cm³/mol. The van der Waals surface area contributed by atoms with Crippen LogP contribution in [0.4, 0.5) is 0 Å². The minimum absolute atomic E-state index is 0.0381. The van der Waals surface area contributed by atoms with Crippen molar-refractivity contribution in [2.75, 3.05) is 6.61 Å². The van der Waals surface area contributed by atoms with E-state index < -0.39 is 15.6 Å². The molecule has 1 aliphatic heterocycles. The predicted octanol–water partition coefficient (Wildman–Crippen LogP) is 1.83. The summed E-state index contributed by atoms with van der Waals surface area (Å²) in [5.41, 5.74) is -0.162. The first-order valence-corrected chi connectivity index (χ1v) is 8.48. The van der Waals surface area contributed by atoms with Crippen molar-refractivity contribution in [2.45, 2.75) is 36.9 Å². The zero-order valence-electron chi connectivity index (χ0n) is 11.7. The summed E-state index contributed by atoms with van der Waals surface area (Å²) < 4.78 is 35.1. The lowest BCUT2D eigenvalue weighted by atomic mass is 9.97. The molecule has 8 heteroatoms. The number of nitrogens with zero attached hydrogens (tertiary/aromatic N) is 2. The molecule has 0 bridgehead atoms. The van der Waals surface area contributed by atoms with Gasteiger partial charge in [0.05, 0.1) is 11.6 Å². The van der Waals surface area contributed by atoms with E-state index in [2.05, 4.69) is 9.71 Å². The zero-order chi connectivity index (χ0) is 15.3. The molecule has 2 atom stereocenters. The second-order valence-electron chi connectivity index (χ2n) is 5.42. The standard InChI is InChI=1S/C13H16ClN3O3S/c1-9-13(2,6-8-20-9)16-21(18,19)12-11(14)15-10-5-3-4-7-17(10)12/h3-5,7,9,16H,6,8H2,1-2H3. The van der Waals surface area contributed by atoms with Gasteiger partial charge < -0.3 is 4.74 Å². The van der Waals surface area contributed by atoms with E-state index in [4.69, 9.17) is 16.3 Å². The van der Waals surface area contributed by atoms with E-state index in [1.807, 2.05) is 13.8 Å². The topological polar surface area (TPSA) is 72.7 Å². The Morgan fingerprint density at radius 1 is 1.52 bits per heavy atom. The molecule has 0 aromatic carbocycles. The third-order valence-corrected chi connectivity index (χ3v) is 5.96. The smallest absolute Gasteiger partial charge is 0.260 e. The maximum absolute atomic E-state index is 12.7. The lowest BCUT2D eigenvalue weighted by Crippen LogP contribution is -2.50. The molecule has 1 saturated heterocycles. The fourth-order valence-corrected chi connectivity index (χ4v) is 4.65. The molecule has 0 spiro atoms. The molecule has 114 valence electrons. The Hall–Kier alpha value is -1.15. The van der Waals surface area contributed by atoms with Crippen LogP contribution >= 0.6 is 11.6 Å². The van der Waals surface area contributed by atoms with Crippen LogP contribution < -0.4 is 4.72 Å². The summed E-state index contributed by atoms with van der Waals surface area (Å²) in [6.45, 7) is 4.21. The third kappa shape index (κ3) is 2.44. The minimum atomic E-state index is -3.81. The zero-order valence-corrected chi connectivity index (χ0v) is 13.3. The van der Waals surface area contributed by atoms with E-state index in [1.165, 1.54) is 4.40 Å². The maximum Gasteiger partial charge on any atom is 0.260 e. The Morgan fingerprint density at radius 2 is 2.29 bits per heavy atom. The van der Waals surface area contributed by atoms with Crippen LogP contribution in [0.1, 0.15) is 20.3 Å². The largest absolute Gasteiger partial charge is 0.376 e. The van der Waals surface area contributed by atoms with Crippen LogP contribution in [0.3, 0.4) is 0 Å². The highest BCUT2D eigenvalue weighted by Crippen LogP contribution is 2.29. The number of halogens is 1. The van der Waals surface area contributed by atoms with Crippen molar-refractivity contribution in [3.63, 3.8) is 0 Å². The van der Waals surface area contributed by atoms with Gasteiger partial charge in [-0.25, -0.2) is 18.1 Å². The summed E-state index contributed by atoms with van der Waals surface area (Å²) in [6.07, 6.45) is 2.03. The molecule has 1 aliphatic rings. The quantitative estimate of drug-likeness (QED) is 0.932. The van der Waals surface area contributed by atoms with E-state index in [1.54, 1.807) is 24.4 Å². The molecule has 3 heterocycles. The highest BCUT2D eigenvalue weighted by Gasteiger charge is 2.42. The van der Waals surface area contributed by atoms with Crippen LogP contribution in [-0.4, -0.2) is 36.1 Å². The normalized spacial score (nSPS) is 26.5. The first-order chi connectivity index (χ1) is 9.83. The number of aromatic nitrogens is 2. The molecule has 21 heavy (non-hydrogen) atoms. The second-order valence-corrected chi connectivity index (χ2v) is 7.38. The van der Waals surface area contributed by atoms with Crippen molar-refractivity contribution in [2.24, 2.45) is 0 Å². The van der Waals surface area contributed by atoms with Gasteiger partial charge in [-0.15, -0.1) is 0 Å². The first-order valence-electron chi connectivity index (χ1n) is 6.62. The number of rotatable bonds is 3. The van der Waals surface area contributed by atoms with Crippen molar-refractivity contribution in [3.8, 4) is 0 Å². The van der Waals surface area contributed by atoms with Crippen LogP contribution in [0, 0.1) is 0 Å². The number of nitrogens with one attached hydrogen (secondary N) is 1. The van der Waals surface area contributed by atoms with Crippen molar-refractivity contribution >= 4 is 27.3 Å². The van der Waals surface area contributed by atoms with Gasteiger partial charge in [-0.05, 0) is 32.4 Å². The van der Waals surface area contributed by atoms with E-state index in [0.717, 1.165) is 0 Å². The molecule has 1 fully saturated rings. The summed E-state index contributed by atoms with van der Waals surface area (Å²) in [4.78, 5) is 4.07. The van der Waals surface area contributed by atoms with Crippen molar-refractivity contribution in [1.82, 2.24) is 14.1 Å². The summed E-state index contributed by atoms with van der Waals surface area (Å²) in [5, 5.41) is -0.0797. The van der Waals surface area contributed by atoms with Crippen molar-refractivity contribution in [3.05, 3.63) is 29.5 Å². The fourth-order valence-electron chi connectivity index (χ4n) is 2.51. The van der Waals surface area contributed by atoms with Crippen LogP contribution in [0.5, 0.6) is 0 Å². The number of imidazole rings is 1. The van der Waals surface area contributed by atoms with Gasteiger partial charge >= 0.3 is 0 Å². The van der Waals surface area contributed by atoms with Gasteiger partial charge in [-0.1, -0.05) is 17.7 Å². The molecule has 2 unspecified atom stereocenters. The maximum atomic E-state index is 12.7. The van der Waals surface area contributed by atoms with E-state index >= 15 is 0 Å². The number of pyridine rings is 1. The number of fused-ring (bicyclic) bond motifs is 1. The summed E-state index contributed by atoms with van der Waals surface area (Å²) >= 11 is 6.04. The fraction of sp³-hybridized carbons (Fsp3) is 0.462. The van der Waals surface area contributed by atoms with Crippen LogP contribution in [0.25, 0.3) is 5.65 Å². The van der Waals surface area contributed by atoms with Gasteiger partial charge in [-0.2, -0.15) is 0 Å². The molecular weight excluding hydrogens is 314 g/mol. The second kappa shape index (κ2) is 4.95. The summed E-state index contributed by atoms with van der Waals surface area (Å²) in [5.74, 6) is 0. The molecular formula is C13H16ClN3O3S. The lowest BCUT2D eigenvalue weighted by Gasteiger charge is -2.28. The van der Waals surface area contributed by atoms with Gasteiger partial charge in [0.15, 0.2) is 10.2 Å². The van der Waals surface area contributed by atoms with E-state index in [0.29, 0.717) is 18.7 Å². The van der Waals surface area contributed by atoms with E-state index in [-0.39, 0.29) is 16.3 Å². The summed E-state index contributed by atoms with van der Waals surface area (Å²) in [7, 11) is -3.81. The Labute approximate surface area is 128 Å². The average Bonchev–Trinajstić information content (AvgIpc) is 2.89. The number of sulfonamides is 1. The van der Waals surface area contributed by atoms with Crippen molar-refractivity contribution in [1.29, 1.82) is 0 Å². The minimum Gasteiger partial charge on any atom is -0.376 e. The number of hydrogen-bond acceptors (Lipinski definition) is 4. The van der Waals surface area contributed by atoms with Crippen molar-refractivity contribution < 1.29 is 13.2 Å². The molecule has 2 aromatic rings. The SMILES string of the molecule is CC1OCCC1(C)NS(=O)(=O)c1c(Cl)nc2ccccn12. The van der Waals surface area contributed by atoms with E-state index in [9.17, 15) is 8.42 Å². The highest BCUT2D eigenvalue weighted by molar-refractivity contribution is 7.89. The van der Waals surface area contributed by atoms with Gasteiger partial charge in [0.25, 0.3) is 10.0 Å². The monoisotopic (exact) mass is 329 g/mol. The van der Waals surface area contributed by atoms with Gasteiger partial charge in [0.2, 0.25) is 0 Å². The molecule has 2 aromatic heterocycles. The molecule has 1 N–H and O–H groups in total. The number of hydrogen-bond donors (Lipinski definition) is 1. The molecule has 0 saturated carbocycles. The highest BCUT2D eigenvalue weighted by atomic mass is 35.5. The molecule has 6 nitrogen and oxygen atoms in total. The van der Waals surface area contributed by atoms with Gasteiger partial charge in [-0.3, -0.25) is 4.40 Å². The Morgan fingerprint density at radius 3 is 2.95 bits per heavy atom. The Bertz CT molecular complexity index is 789. The van der Waals surface area contributed by atoms with Gasteiger partial charge in [0.1, 0.15) is 5.65 Å². The summed E-state index contributed by atoms with van der Waals surface area (Å²) in [6, 6.07) is 5.21. The molecule has 0 amide bonds. The Kier molecular flexibility index (Phi) is 3.48. The van der Waals surface area contributed by atoms with Gasteiger partial charge in [0, 0.05) is 12.8 Å². The molecule has 0 radical (unpaired) electrons. The third-order valence-electron chi connectivity index (χ3n) is 3.95. The lowest BCUT2D eigenvalue weighted by molar-refractivity contribution is 0.0957. The van der Waals surface area contributed by atoms with Crippen LogP contribution in [0.2, 0.25) is 5.15 Å². The molecule has 3 rings (SSSR count).